The molecule has 3 fully saturated rings. The molecule has 3 aliphatic rings. The largest absolute Gasteiger partial charge is 0.465 e. The van der Waals surface area contributed by atoms with Crippen LogP contribution in [0.4, 0.5) is 0 Å². The highest BCUT2D eigenvalue weighted by atomic mass is 16.6. The molecule has 3 aliphatic heterocycles. The van der Waals surface area contributed by atoms with Crippen LogP contribution in [0.5, 0.6) is 0 Å². The molecule has 8 nitrogen and oxygen atoms in total. The standard InChI is InChI=1S/C28H44N2O6/c1-6-9-11-13-18-35-26(34)22-21-24(32)30(20(4)19-31)23(28(21)15-14-27(22,5)36-28)25(33)29(16-8-3)17-12-10-7-2/h6,8,20-23,31H,1,3,7,9-19H2,2,4-5H3/t20-,21+,22+,23?,27-,28?/m1/s1. The topological polar surface area (TPSA) is 96.4 Å². The number of nitrogens with zero attached hydrogens (tertiary/aromatic N) is 2. The summed E-state index contributed by atoms with van der Waals surface area (Å²) >= 11 is 0. The Morgan fingerprint density at radius 3 is 2.64 bits per heavy atom. The molecule has 6 atom stereocenters. The molecule has 3 saturated heterocycles. The van der Waals surface area contributed by atoms with Crippen molar-refractivity contribution in [3.8, 4) is 0 Å². The van der Waals surface area contributed by atoms with Crippen molar-refractivity contribution in [2.24, 2.45) is 11.8 Å². The highest BCUT2D eigenvalue weighted by Gasteiger charge is 2.78. The average Bonchev–Trinajstić information content (AvgIpc) is 3.43. The van der Waals surface area contributed by atoms with Gasteiger partial charge in [0.05, 0.1) is 30.8 Å². The Bertz CT molecular complexity index is 846. The summed E-state index contributed by atoms with van der Waals surface area (Å²) in [5, 5.41) is 10.00. The first kappa shape index (κ1) is 28.4. The van der Waals surface area contributed by atoms with Crippen molar-refractivity contribution in [3.63, 3.8) is 0 Å². The van der Waals surface area contributed by atoms with Gasteiger partial charge in [0, 0.05) is 13.1 Å². The van der Waals surface area contributed by atoms with E-state index < -0.39 is 41.1 Å². The van der Waals surface area contributed by atoms with E-state index in [0.29, 0.717) is 25.9 Å². The molecule has 2 bridgehead atoms. The minimum atomic E-state index is -1.11. The Hall–Kier alpha value is -2.19. The fourth-order valence-corrected chi connectivity index (χ4v) is 6.39. The van der Waals surface area contributed by atoms with Crippen molar-refractivity contribution in [3.05, 3.63) is 25.3 Å². The first-order valence-corrected chi connectivity index (χ1v) is 13.5. The van der Waals surface area contributed by atoms with Crippen molar-refractivity contribution in [1.29, 1.82) is 0 Å². The van der Waals surface area contributed by atoms with Gasteiger partial charge in [0.15, 0.2) is 0 Å². The summed E-state index contributed by atoms with van der Waals surface area (Å²) in [6.45, 7) is 14.1. The molecular formula is C28H44N2O6. The van der Waals surface area contributed by atoms with Crippen molar-refractivity contribution in [2.45, 2.75) is 95.4 Å². The lowest BCUT2D eigenvalue weighted by Crippen LogP contribution is -2.58. The van der Waals surface area contributed by atoms with Gasteiger partial charge in [-0.3, -0.25) is 14.4 Å². The number of esters is 1. The Morgan fingerprint density at radius 1 is 1.25 bits per heavy atom. The SMILES string of the molecule is C=CCCCCOC(=O)[C@@H]1[C@H]2C(=O)N([C@H](C)CO)C(C(=O)N(CC=C)CCCCC)C23CC[C@@]1(C)O3. The van der Waals surface area contributed by atoms with E-state index in [4.69, 9.17) is 9.47 Å². The molecule has 1 spiro atoms. The Labute approximate surface area is 215 Å². The summed E-state index contributed by atoms with van der Waals surface area (Å²) in [5.41, 5.74) is -1.97. The molecule has 3 heterocycles. The second kappa shape index (κ2) is 11.9. The molecule has 36 heavy (non-hydrogen) atoms. The first-order valence-electron chi connectivity index (χ1n) is 13.5. The Balaban J connectivity index is 1.93. The van der Waals surface area contributed by atoms with Crippen LogP contribution in [0.3, 0.4) is 0 Å². The van der Waals surface area contributed by atoms with Crippen LogP contribution in [0.25, 0.3) is 0 Å². The molecule has 0 aromatic heterocycles. The number of carbonyl (C=O) groups is 3. The van der Waals surface area contributed by atoms with E-state index in [1.807, 2.05) is 13.0 Å². The lowest BCUT2D eigenvalue weighted by Gasteiger charge is -2.38. The van der Waals surface area contributed by atoms with E-state index >= 15 is 0 Å². The third kappa shape index (κ3) is 4.99. The molecule has 8 heteroatoms. The highest BCUT2D eigenvalue weighted by Crippen LogP contribution is 2.63. The quantitative estimate of drug-likeness (QED) is 0.209. The van der Waals surface area contributed by atoms with Gasteiger partial charge in [-0.25, -0.2) is 0 Å². The fourth-order valence-electron chi connectivity index (χ4n) is 6.39. The number of ether oxygens (including phenoxy) is 2. The molecule has 0 radical (unpaired) electrons. The second-order valence-corrected chi connectivity index (χ2v) is 10.7. The van der Waals surface area contributed by atoms with Crippen LogP contribution in [0.2, 0.25) is 0 Å². The zero-order valence-corrected chi connectivity index (χ0v) is 22.2. The number of fused-ring (bicyclic) bond motifs is 1. The Morgan fingerprint density at radius 2 is 2.00 bits per heavy atom. The van der Waals surface area contributed by atoms with Crippen LogP contribution >= 0.6 is 0 Å². The Kier molecular flexibility index (Phi) is 9.39. The maximum atomic E-state index is 14.1. The monoisotopic (exact) mass is 504 g/mol. The van der Waals surface area contributed by atoms with Crippen molar-refractivity contribution < 1.29 is 29.0 Å². The lowest BCUT2D eigenvalue weighted by molar-refractivity contribution is -0.161. The molecule has 0 aliphatic carbocycles. The van der Waals surface area contributed by atoms with E-state index in [-0.39, 0.29) is 25.0 Å². The molecule has 0 aromatic rings. The van der Waals surface area contributed by atoms with Gasteiger partial charge in [0.2, 0.25) is 11.8 Å². The maximum Gasteiger partial charge on any atom is 0.312 e. The molecule has 2 amide bonds. The number of allylic oxidation sites excluding steroid dienone is 1. The number of amides is 2. The minimum Gasteiger partial charge on any atom is -0.465 e. The number of hydrogen-bond acceptors (Lipinski definition) is 6. The van der Waals surface area contributed by atoms with Crippen LogP contribution in [0.1, 0.15) is 72.1 Å². The van der Waals surface area contributed by atoms with Crippen LogP contribution < -0.4 is 0 Å². The minimum absolute atomic E-state index is 0.204. The number of rotatable bonds is 15. The number of likely N-dealkylation sites (tertiary alicyclic amines) is 1. The van der Waals surface area contributed by atoms with E-state index in [9.17, 15) is 19.5 Å². The van der Waals surface area contributed by atoms with Crippen LogP contribution in [-0.2, 0) is 23.9 Å². The van der Waals surface area contributed by atoms with E-state index in [1.165, 1.54) is 4.90 Å². The third-order valence-electron chi connectivity index (χ3n) is 8.18. The molecule has 3 rings (SSSR count). The summed E-state index contributed by atoms with van der Waals surface area (Å²) in [4.78, 5) is 44.6. The van der Waals surface area contributed by atoms with Gasteiger partial charge >= 0.3 is 5.97 Å². The van der Waals surface area contributed by atoms with Crippen LogP contribution in [-0.4, -0.2) is 82.3 Å². The predicted octanol–water partition coefficient (Wildman–Crippen LogP) is 3.24. The fraction of sp³-hybridized carbons (Fsp3) is 0.750. The zero-order chi connectivity index (χ0) is 26.5. The van der Waals surface area contributed by atoms with Gasteiger partial charge in [-0.2, -0.15) is 0 Å². The van der Waals surface area contributed by atoms with E-state index in [2.05, 4.69) is 20.1 Å². The average molecular weight is 505 g/mol. The van der Waals surface area contributed by atoms with Gasteiger partial charge in [0.25, 0.3) is 0 Å². The van der Waals surface area contributed by atoms with Crippen molar-refractivity contribution in [1.82, 2.24) is 9.80 Å². The van der Waals surface area contributed by atoms with Crippen molar-refractivity contribution in [2.75, 3.05) is 26.3 Å². The molecule has 0 saturated carbocycles. The van der Waals surface area contributed by atoms with Gasteiger partial charge < -0.3 is 24.4 Å². The van der Waals surface area contributed by atoms with E-state index in [0.717, 1.165) is 38.5 Å². The summed E-state index contributed by atoms with van der Waals surface area (Å²) < 4.78 is 12.2. The number of carbonyl (C=O) groups excluding carboxylic acids is 3. The zero-order valence-electron chi connectivity index (χ0n) is 22.2. The normalized spacial score (nSPS) is 31.3. The van der Waals surface area contributed by atoms with Gasteiger partial charge in [-0.05, 0) is 52.4 Å². The molecule has 202 valence electrons. The van der Waals surface area contributed by atoms with Gasteiger partial charge in [-0.15, -0.1) is 13.2 Å². The second-order valence-electron chi connectivity index (χ2n) is 10.7. The summed E-state index contributed by atoms with van der Waals surface area (Å²) in [6, 6.07) is -1.48. The summed E-state index contributed by atoms with van der Waals surface area (Å²) in [7, 11) is 0. The smallest absolute Gasteiger partial charge is 0.312 e. The molecule has 0 aromatic carbocycles. The number of aliphatic hydroxyl groups excluding tert-OH is 1. The van der Waals surface area contributed by atoms with Crippen molar-refractivity contribution >= 4 is 17.8 Å². The maximum absolute atomic E-state index is 14.1. The summed E-state index contributed by atoms with van der Waals surface area (Å²) in [6.07, 6.45) is 9.90. The number of aliphatic hydroxyl groups is 1. The van der Waals surface area contributed by atoms with Gasteiger partial charge in [-0.1, -0.05) is 31.9 Å². The van der Waals surface area contributed by atoms with E-state index in [1.54, 1.807) is 17.9 Å². The molecule has 2 unspecified atom stereocenters. The first-order chi connectivity index (χ1) is 17.2. The lowest BCUT2D eigenvalue weighted by atomic mass is 9.66. The van der Waals surface area contributed by atoms with Crippen LogP contribution in [0.15, 0.2) is 25.3 Å². The van der Waals surface area contributed by atoms with Gasteiger partial charge in [0.1, 0.15) is 17.6 Å². The number of unbranched alkanes of at least 4 members (excludes halogenated alkanes) is 4. The summed E-state index contributed by atoms with van der Waals surface area (Å²) in [5.74, 6) is -2.53. The molecular weight excluding hydrogens is 460 g/mol. The number of hydrogen-bond donors (Lipinski definition) is 1. The highest BCUT2D eigenvalue weighted by molar-refractivity contribution is 5.98. The third-order valence-corrected chi connectivity index (χ3v) is 8.18. The van der Waals surface area contributed by atoms with Crippen LogP contribution in [0, 0.1) is 11.8 Å². The predicted molar refractivity (Wildman–Crippen MR) is 137 cm³/mol. The molecule has 1 N–H and O–H groups in total.